The normalized spacial score (nSPS) is 10.5. The molecule has 0 atom stereocenters. The van der Waals surface area contributed by atoms with Gasteiger partial charge in [-0.25, -0.2) is 0 Å². The van der Waals surface area contributed by atoms with E-state index in [1.54, 1.807) is 29.4 Å². The van der Waals surface area contributed by atoms with Crippen molar-refractivity contribution in [1.82, 2.24) is 9.80 Å². The molecular weight excluding hydrogens is 432 g/mol. The molecule has 33 heavy (non-hydrogen) atoms. The van der Waals surface area contributed by atoms with Crippen LogP contribution >= 0.6 is 11.3 Å². The summed E-state index contributed by atoms with van der Waals surface area (Å²) in [5.74, 6) is 0.541. The minimum absolute atomic E-state index is 0.0121. The van der Waals surface area contributed by atoms with Crippen LogP contribution in [0.5, 0.6) is 5.75 Å². The Balaban J connectivity index is 1.72. The van der Waals surface area contributed by atoms with Crippen LogP contribution in [0.25, 0.3) is 0 Å². The second-order valence-corrected chi connectivity index (χ2v) is 9.21. The molecule has 3 rings (SSSR count). The number of benzene rings is 2. The zero-order valence-corrected chi connectivity index (χ0v) is 20.0. The minimum atomic E-state index is -0.111. The molecule has 1 heterocycles. The summed E-state index contributed by atoms with van der Waals surface area (Å²) in [6, 6.07) is 21.4. The summed E-state index contributed by atoms with van der Waals surface area (Å²) in [5.41, 5.74) is 1.93. The summed E-state index contributed by atoms with van der Waals surface area (Å²) in [6.45, 7) is 7.16. The first-order valence-electron chi connectivity index (χ1n) is 10.9. The fourth-order valence-electron chi connectivity index (χ4n) is 3.50. The Bertz CT molecular complexity index is 1060. The third kappa shape index (κ3) is 7.32. The van der Waals surface area contributed by atoms with E-state index in [9.17, 15) is 9.59 Å². The average Bonchev–Trinajstić information content (AvgIpc) is 3.24. The van der Waals surface area contributed by atoms with E-state index in [4.69, 9.17) is 4.74 Å². The smallest absolute Gasteiger partial charge is 0.242 e. The lowest BCUT2D eigenvalue weighted by Crippen LogP contribution is -2.43. The Hall–Kier alpha value is -3.38. The lowest BCUT2D eigenvalue weighted by atomic mass is 10.1. The Morgan fingerprint density at radius 2 is 1.64 bits per heavy atom. The van der Waals surface area contributed by atoms with Crippen molar-refractivity contribution in [3.8, 4) is 5.75 Å². The van der Waals surface area contributed by atoms with Gasteiger partial charge < -0.3 is 14.5 Å². The minimum Gasteiger partial charge on any atom is -0.497 e. The number of amides is 2. The number of hydrogen-bond acceptors (Lipinski definition) is 4. The van der Waals surface area contributed by atoms with Crippen LogP contribution in [0.3, 0.4) is 0 Å². The highest BCUT2D eigenvalue weighted by atomic mass is 32.1. The summed E-state index contributed by atoms with van der Waals surface area (Å²) in [6.07, 6.45) is 1.87. The third-order valence-corrected chi connectivity index (χ3v) is 6.24. The lowest BCUT2D eigenvalue weighted by molar-refractivity contribution is -0.140. The summed E-state index contributed by atoms with van der Waals surface area (Å²) >= 11 is 1.68. The van der Waals surface area contributed by atoms with E-state index in [0.29, 0.717) is 19.6 Å². The number of rotatable bonds is 11. The van der Waals surface area contributed by atoms with Crippen LogP contribution in [0, 0.1) is 6.92 Å². The zero-order chi connectivity index (χ0) is 23.6. The molecular formula is C27H30N2O3S. The maximum atomic E-state index is 13.4. The molecule has 3 aromatic rings. The quantitative estimate of drug-likeness (QED) is 0.383. The predicted octanol–water partition coefficient (Wildman–Crippen LogP) is 4.85. The first-order valence-corrected chi connectivity index (χ1v) is 11.7. The molecule has 0 bridgehead atoms. The van der Waals surface area contributed by atoms with Crippen LogP contribution in [0.4, 0.5) is 0 Å². The van der Waals surface area contributed by atoms with Gasteiger partial charge in [0.1, 0.15) is 12.3 Å². The number of methoxy groups -OCH3 is 1. The molecule has 2 aromatic carbocycles. The number of hydrogen-bond donors (Lipinski definition) is 0. The van der Waals surface area contributed by atoms with Crippen LogP contribution in [0.2, 0.25) is 0 Å². The van der Waals surface area contributed by atoms with Gasteiger partial charge in [0.05, 0.1) is 20.1 Å². The second kappa shape index (κ2) is 12.0. The molecule has 0 aliphatic rings. The fourth-order valence-corrected chi connectivity index (χ4v) is 4.40. The molecule has 0 fully saturated rings. The van der Waals surface area contributed by atoms with E-state index >= 15 is 0 Å². The van der Waals surface area contributed by atoms with Gasteiger partial charge in [-0.3, -0.25) is 9.59 Å². The van der Waals surface area contributed by atoms with Crippen LogP contribution in [-0.4, -0.2) is 41.8 Å². The second-order valence-electron chi connectivity index (χ2n) is 7.84. The molecule has 2 amide bonds. The van der Waals surface area contributed by atoms with Crippen molar-refractivity contribution in [2.75, 3.05) is 20.2 Å². The third-order valence-electron chi connectivity index (χ3n) is 5.25. The summed E-state index contributed by atoms with van der Waals surface area (Å²) in [5, 5.41) is 0. The van der Waals surface area contributed by atoms with Gasteiger partial charge in [-0.05, 0) is 42.3 Å². The maximum Gasteiger partial charge on any atom is 0.242 e. The van der Waals surface area contributed by atoms with E-state index in [1.165, 1.54) is 4.88 Å². The van der Waals surface area contributed by atoms with Crippen molar-refractivity contribution in [1.29, 1.82) is 0 Å². The van der Waals surface area contributed by atoms with Crippen molar-refractivity contribution in [3.63, 3.8) is 0 Å². The van der Waals surface area contributed by atoms with Gasteiger partial charge >= 0.3 is 0 Å². The SMILES string of the molecule is C=CCN(CC(=O)N(Cc1ccccc1)Cc1ccc(C)s1)C(=O)Cc1ccc(OC)cc1. The number of ether oxygens (including phenoxy) is 1. The van der Waals surface area contributed by atoms with E-state index in [1.807, 2.05) is 59.5 Å². The molecule has 172 valence electrons. The van der Waals surface area contributed by atoms with Crippen molar-refractivity contribution in [2.45, 2.75) is 26.4 Å². The number of carbonyl (C=O) groups excluding carboxylic acids is 2. The summed E-state index contributed by atoms with van der Waals surface area (Å²) in [4.78, 5) is 32.1. The Labute approximate surface area is 199 Å². The van der Waals surface area contributed by atoms with E-state index < -0.39 is 0 Å². The van der Waals surface area contributed by atoms with Gasteiger partial charge in [0.25, 0.3) is 0 Å². The van der Waals surface area contributed by atoms with Gasteiger partial charge in [0.2, 0.25) is 11.8 Å². The molecule has 6 heteroatoms. The zero-order valence-electron chi connectivity index (χ0n) is 19.2. The molecule has 5 nitrogen and oxygen atoms in total. The van der Waals surface area contributed by atoms with Gasteiger partial charge in [-0.1, -0.05) is 48.5 Å². The fraction of sp³-hybridized carbons (Fsp3) is 0.259. The van der Waals surface area contributed by atoms with E-state index in [2.05, 4.69) is 25.6 Å². The summed E-state index contributed by atoms with van der Waals surface area (Å²) in [7, 11) is 1.61. The molecule has 0 unspecified atom stereocenters. The molecule has 0 spiro atoms. The Morgan fingerprint density at radius 3 is 2.24 bits per heavy atom. The van der Waals surface area contributed by atoms with E-state index in [0.717, 1.165) is 21.8 Å². The average molecular weight is 463 g/mol. The van der Waals surface area contributed by atoms with Crippen molar-refractivity contribution < 1.29 is 14.3 Å². The number of carbonyl (C=O) groups is 2. The first-order chi connectivity index (χ1) is 16.0. The lowest BCUT2D eigenvalue weighted by Gasteiger charge is -2.27. The molecule has 0 saturated carbocycles. The van der Waals surface area contributed by atoms with Crippen LogP contribution < -0.4 is 4.74 Å². The molecule has 0 aliphatic heterocycles. The largest absolute Gasteiger partial charge is 0.497 e. The van der Waals surface area contributed by atoms with Crippen LogP contribution in [-0.2, 0) is 29.1 Å². The standard InChI is InChI=1S/C27H30N2O3S/c1-4-16-28(26(30)17-22-11-13-24(32-3)14-12-22)20-27(31)29(18-23-8-6-5-7-9-23)19-25-15-10-21(2)33-25/h4-15H,1,16-20H2,2-3H3. The number of thiophene rings is 1. The number of nitrogens with zero attached hydrogens (tertiary/aromatic N) is 2. The highest BCUT2D eigenvalue weighted by Crippen LogP contribution is 2.19. The topological polar surface area (TPSA) is 49.9 Å². The van der Waals surface area contributed by atoms with Crippen molar-refractivity contribution in [3.05, 3.63) is 100 Å². The molecule has 0 N–H and O–H groups in total. The monoisotopic (exact) mass is 462 g/mol. The highest BCUT2D eigenvalue weighted by Gasteiger charge is 2.22. The van der Waals surface area contributed by atoms with Crippen molar-refractivity contribution in [2.24, 2.45) is 0 Å². The molecule has 0 saturated heterocycles. The van der Waals surface area contributed by atoms with Gasteiger partial charge in [-0.2, -0.15) is 0 Å². The van der Waals surface area contributed by atoms with Crippen LogP contribution in [0.1, 0.15) is 20.9 Å². The van der Waals surface area contributed by atoms with E-state index in [-0.39, 0.29) is 24.8 Å². The van der Waals surface area contributed by atoms with Gasteiger partial charge in [0.15, 0.2) is 0 Å². The van der Waals surface area contributed by atoms with Crippen LogP contribution in [0.15, 0.2) is 79.4 Å². The van der Waals surface area contributed by atoms with Gasteiger partial charge in [0, 0.05) is 22.8 Å². The Morgan fingerprint density at radius 1 is 0.909 bits per heavy atom. The first kappa shape index (κ1) is 24.3. The maximum absolute atomic E-state index is 13.4. The molecule has 0 aliphatic carbocycles. The molecule has 0 radical (unpaired) electrons. The highest BCUT2D eigenvalue weighted by molar-refractivity contribution is 7.11. The summed E-state index contributed by atoms with van der Waals surface area (Å²) < 4.78 is 5.18. The Kier molecular flexibility index (Phi) is 8.84. The molecule has 1 aromatic heterocycles. The van der Waals surface area contributed by atoms with Gasteiger partial charge in [-0.15, -0.1) is 17.9 Å². The predicted molar refractivity (Wildman–Crippen MR) is 133 cm³/mol. The number of aryl methyl sites for hydroxylation is 1. The van der Waals surface area contributed by atoms with Crippen molar-refractivity contribution >= 4 is 23.2 Å².